The van der Waals surface area contributed by atoms with E-state index in [1.807, 2.05) is 48.6 Å². The molecule has 14 nitrogen and oxygen atoms in total. The quantitative estimate of drug-likeness (QED) is 0.156. The number of nitrogens with zero attached hydrogens (tertiary/aromatic N) is 3. The number of aryl methyl sites for hydroxylation is 1. The van der Waals surface area contributed by atoms with Gasteiger partial charge in [0.15, 0.2) is 0 Å². The number of phosphoric ester groups is 1. The third kappa shape index (κ3) is 7.52. The fourth-order valence-electron chi connectivity index (χ4n) is 4.95. The molecule has 232 valence electrons. The average Bonchev–Trinajstić information content (AvgIpc) is 3.81. The molecule has 7 heterocycles. The molecule has 0 aromatic carbocycles. The highest BCUT2D eigenvalue weighted by Crippen LogP contribution is 2.38. The molecule has 45 heavy (non-hydrogen) atoms. The van der Waals surface area contributed by atoms with Crippen molar-refractivity contribution in [1.29, 1.82) is 0 Å². The lowest BCUT2D eigenvalue weighted by Gasteiger charge is -2.16. The number of rotatable bonds is 4. The molecule has 4 aromatic rings. The van der Waals surface area contributed by atoms with Gasteiger partial charge in [0.2, 0.25) is 0 Å². The van der Waals surface area contributed by atoms with E-state index in [0.29, 0.717) is 5.56 Å². The van der Waals surface area contributed by atoms with Crippen molar-refractivity contribution in [2.24, 2.45) is 0 Å². The summed E-state index contributed by atoms with van der Waals surface area (Å²) >= 11 is 0. The van der Waals surface area contributed by atoms with Crippen molar-refractivity contribution in [3.8, 4) is 0 Å². The Labute approximate surface area is 254 Å². The summed E-state index contributed by atoms with van der Waals surface area (Å²) in [6, 6.07) is 16.4. The van der Waals surface area contributed by atoms with Gasteiger partial charge in [0.1, 0.15) is 12.3 Å². The predicted molar refractivity (Wildman–Crippen MR) is 167 cm³/mol. The average molecular weight is 633 g/mol. The summed E-state index contributed by atoms with van der Waals surface area (Å²) in [5.41, 5.74) is 6.94. The number of aliphatic hydroxyl groups excluding tert-OH is 1. The number of hydrogen-bond acceptors (Lipinski definition) is 8. The highest BCUT2D eigenvalue weighted by Gasteiger charge is 2.37. The Morgan fingerprint density at radius 3 is 1.78 bits per heavy atom. The van der Waals surface area contributed by atoms with Crippen LogP contribution in [0.5, 0.6) is 0 Å². The van der Waals surface area contributed by atoms with E-state index in [1.165, 1.54) is 13.1 Å². The standard InChI is InChI=1S/C20H14N4.C10H15N2O8P/c1-2-14-10-16-5-6-18(23-16)12-20-8-7-19(24-20)11-17-4-3-15(22-17)9-13(1)21-14;1-5-3-12(10(15)11-9(5)14)8-2-6(13)7(20-8)4-19-21(16,17)18/h1-12,21,24H;3,6-8,13H,2,4H2,1H3,(H,11,14,15)(H2,16,17,18)/t;6-,7+,8+/m.0/s1. The second kappa shape index (κ2) is 12.4. The van der Waals surface area contributed by atoms with Gasteiger partial charge in [0.25, 0.3) is 5.56 Å². The summed E-state index contributed by atoms with van der Waals surface area (Å²) in [7, 11) is -4.67. The molecule has 3 aliphatic rings. The van der Waals surface area contributed by atoms with Crippen LogP contribution in [-0.4, -0.2) is 63.2 Å². The zero-order valence-corrected chi connectivity index (χ0v) is 24.7. The largest absolute Gasteiger partial charge is 0.469 e. The molecular weight excluding hydrogens is 603 g/mol. The van der Waals surface area contributed by atoms with Crippen molar-refractivity contribution < 1.29 is 28.7 Å². The van der Waals surface area contributed by atoms with E-state index in [4.69, 9.17) is 14.5 Å². The first-order valence-corrected chi connectivity index (χ1v) is 15.4. The Kier molecular flexibility index (Phi) is 8.34. The number of fused-ring (bicyclic) bond motifs is 8. The van der Waals surface area contributed by atoms with Crippen LogP contribution in [-0.2, 0) is 13.8 Å². The minimum Gasteiger partial charge on any atom is -0.390 e. The van der Waals surface area contributed by atoms with E-state index in [2.05, 4.69) is 53.7 Å². The second-order valence-corrected chi connectivity index (χ2v) is 11.8. The number of aromatic nitrogens is 6. The lowest BCUT2D eigenvalue weighted by Crippen LogP contribution is -2.33. The molecule has 3 atom stereocenters. The summed E-state index contributed by atoms with van der Waals surface area (Å²) in [6.07, 6.45) is 6.52. The summed E-state index contributed by atoms with van der Waals surface area (Å²) in [5, 5.41) is 9.79. The molecule has 0 aliphatic carbocycles. The molecule has 6 N–H and O–H groups in total. The van der Waals surface area contributed by atoms with Crippen molar-refractivity contribution in [3.63, 3.8) is 0 Å². The summed E-state index contributed by atoms with van der Waals surface area (Å²) in [5.74, 6) is 0. The number of aliphatic hydroxyl groups is 1. The zero-order chi connectivity index (χ0) is 31.7. The molecule has 1 fully saturated rings. The van der Waals surface area contributed by atoms with Gasteiger partial charge in [-0.15, -0.1) is 0 Å². The Morgan fingerprint density at radius 1 is 0.867 bits per heavy atom. The number of hydrogen-bond donors (Lipinski definition) is 6. The fraction of sp³-hybridized carbons (Fsp3) is 0.200. The van der Waals surface area contributed by atoms with Gasteiger partial charge in [0, 0.05) is 40.2 Å². The van der Waals surface area contributed by atoms with Crippen LogP contribution in [0.1, 0.15) is 41.0 Å². The molecular formula is C30H29N6O8P. The molecule has 0 radical (unpaired) electrons. The van der Waals surface area contributed by atoms with Crippen molar-refractivity contribution in [3.05, 3.63) is 104 Å². The van der Waals surface area contributed by atoms with E-state index in [0.717, 1.165) is 49.4 Å². The van der Waals surface area contributed by atoms with E-state index in [9.17, 15) is 19.3 Å². The van der Waals surface area contributed by atoms with Crippen LogP contribution in [0.4, 0.5) is 0 Å². The van der Waals surface area contributed by atoms with E-state index in [-0.39, 0.29) is 6.42 Å². The van der Waals surface area contributed by atoms with Crippen LogP contribution < -0.4 is 11.2 Å². The van der Waals surface area contributed by atoms with Gasteiger partial charge in [-0.2, -0.15) is 0 Å². The first-order valence-electron chi connectivity index (χ1n) is 13.9. The topological polar surface area (TPSA) is 208 Å². The fourth-order valence-corrected chi connectivity index (χ4v) is 5.29. The number of ether oxygens (including phenoxy) is 1. The summed E-state index contributed by atoms with van der Waals surface area (Å²) in [4.78, 5) is 58.3. The number of nitrogens with one attached hydrogen (secondary N) is 3. The normalized spacial score (nSPS) is 19.0. The minimum atomic E-state index is -4.67. The smallest absolute Gasteiger partial charge is 0.390 e. The van der Waals surface area contributed by atoms with Crippen LogP contribution in [0, 0.1) is 6.92 Å². The second-order valence-electron chi connectivity index (χ2n) is 10.6. The Hall–Kier alpha value is -4.69. The number of H-pyrrole nitrogens is 3. The molecule has 1 saturated heterocycles. The lowest BCUT2D eigenvalue weighted by molar-refractivity contribution is -0.0451. The summed E-state index contributed by atoms with van der Waals surface area (Å²) in [6.45, 7) is 0.994. The highest BCUT2D eigenvalue weighted by atomic mass is 31.2. The van der Waals surface area contributed by atoms with Crippen LogP contribution in [0.25, 0.3) is 46.4 Å². The van der Waals surface area contributed by atoms with Gasteiger partial charge in [0.05, 0.1) is 35.5 Å². The highest BCUT2D eigenvalue weighted by molar-refractivity contribution is 7.46. The van der Waals surface area contributed by atoms with E-state index < -0.39 is 44.1 Å². The van der Waals surface area contributed by atoms with Crippen LogP contribution >= 0.6 is 7.82 Å². The van der Waals surface area contributed by atoms with Gasteiger partial charge < -0.3 is 29.6 Å². The van der Waals surface area contributed by atoms with Crippen molar-refractivity contribution in [2.75, 3.05) is 6.61 Å². The molecule has 0 unspecified atom stereocenters. The third-order valence-electron chi connectivity index (χ3n) is 7.11. The Morgan fingerprint density at radius 2 is 1.33 bits per heavy atom. The Bertz CT molecular complexity index is 1960. The van der Waals surface area contributed by atoms with Gasteiger partial charge >= 0.3 is 13.5 Å². The maximum Gasteiger partial charge on any atom is 0.469 e. The molecule has 15 heteroatoms. The molecule has 3 aliphatic heterocycles. The third-order valence-corrected chi connectivity index (χ3v) is 7.59. The van der Waals surface area contributed by atoms with Gasteiger partial charge in [-0.3, -0.25) is 18.9 Å². The monoisotopic (exact) mass is 632 g/mol. The first kappa shape index (κ1) is 30.3. The number of aromatic amines is 3. The van der Waals surface area contributed by atoms with Crippen LogP contribution in [0.3, 0.4) is 0 Å². The molecule has 7 rings (SSSR count). The van der Waals surface area contributed by atoms with E-state index >= 15 is 0 Å². The van der Waals surface area contributed by atoms with E-state index in [1.54, 1.807) is 0 Å². The predicted octanol–water partition coefficient (Wildman–Crippen LogP) is 3.26. The first-order chi connectivity index (χ1) is 21.5. The van der Waals surface area contributed by atoms with Gasteiger partial charge in [-0.1, -0.05) is 0 Å². The molecule has 0 saturated carbocycles. The van der Waals surface area contributed by atoms with Crippen LogP contribution in [0.15, 0.2) is 64.3 Å². The van der Waals surface area contributed by atoms with Crippen molar-refractivity contribution in [2.45, 2.75) is 31.8 Å². The minimum absolute atomic E-state index is 0.0283. The molecule has 8 bridgehead atoms. The zero-order valence-electron chi connectivity index (χ0n) is 23.8. The summed E-state index contributed by atoms with van der Waals surface area (Å²) < 4.78 is 21.4. The molecule has 4 aromatic heterocycles. The van der Waals surface area contributed by atoms with Crippen molar-refractivity contribution >= 4 is 54.2 Å². The molecule has 0 amide bonds. The Balaban J connectivity index is 0.000000161. The molecule has 0 spiro atoms. The maximum absolute atomic E-state index is 11.7. The maximum atomic E-state index is 11.7. The SMILES string of the molecule is C1=Cc2cc3ccc(cc4nc(cc5ccc(cc1n2)[nH]5)C=C4)[nH]3.Cc1cn([C@H]2C[C@H](O)[C@@H](COP(=O)(O)O)O2)c(=O)[nH]c1=O. The van der Waals surface area contributed by atoms with Crippen LogP contribution in [0.2, 0.25) is 0 Å². The lowest BCUT2D eigenvalue weighted by atomic mass is 10.2. The van der Waals surface area contributed by atoms with Gasteiger partial charge in [-0.05, 0) is 79.8 Å². The number of phosphoric acid groups is 1. The van der Waals surface area contributed by atoms with Gasteiger partial charge in [-0.25, -0.2) is 19.3 Å². The van der Waals surface area contributed by atoms with Crippen molar-refractivity contribution in [1.82, 2.24) is 29.5 Å².